The van der Waals surface area contributed by atoms with Crippen LogP contribution < -0.4 is 5.32 Å². The quantitative estimate of drug-likeness (QED) is 0.567. The largest absolute Gasteiger partial charge is 0.453 e. The van der Waals surface area contributed by atoms with Gasteiger partial charge in [0.2, 0.25) is 0 Å². The van der Waals surface area contributed by atoms with E-state index in [1.807, 2.05) is 0 Å². The Morgan fingerprint density at radius 3 is 2.93 bits per heavy atom. The van der Waals surface area contributed by atoms with Crippen LogP contribution in [-0.2, 0) is 4.74 Å². The lowest BCUT2D eigenvalue weighted by Gasteiger charge is -1.98. The topological polar surface area (TPSA) is 94.4 Å². The molecule has 0 fully saturated rings. The molecule has 0 saturated carbocycles. The van der Waals surface area contributed by atoms with Crippen LogP contribution in [0, 0.1) is 10.1 Å². The molecule has 0 aliphatic carbocycles. The maximum absolute atomic E-state index is 10.7. The van der Waals surface area contributed by atoms with Gasteiger partial charge in [0.25, 0.3) is 5.82 Å². The average molecular weight is 197 g/mol. The lowest BCUT2D eigenvalue weighted by molar-refractivity contribution is -0.389. The Morgan fingerprint density at radius 2 is 2.36 bits per heavy atom. The first-order valence-electron chi connectivity index (χ1n) is 3.60. The highest BCUT2D eigenvalue weighted by molar-refractivity contribution is 5.83. The zero-order valence-electron chi connectivity index (χ0n) is 7.26. The molecule has 1 aromatic heterocycles. The fraction of sp³-hybridized carbons (Fsp3) is 0.143. The Bertz CT molecular complexity index is 366. The molecule has 1 N–H and O–H groups in total. The first-order chi connectivity index (χ1) is 6.63. The molecule has 1 heterocycles. The smallest absolute Gasteiger partial charge is 0.414 e. The number of aromatic nitrogens is 1. The van der Waals surface area contributed by atoms with Crippen LogP contribution in [-0.4, -0.2) is 23.1 Å². The number of methoxy groups -OCH3 is 1. The standard InChI is InChI=1S/C7H7N3O4/c1-14-7(11)9-5-3-2-4-6(8-5)10(12)13/h2-4H,1H3,(H,8,9,11). The van der Waals surface area contributed by atoms with E-state index in [-0.39, 0.29) is 11.6 Å². The lowest BCUT2D eigenvalue weighted by atomic mass is 10.4. The molecule has 0 bridgehead atoms. The third kappa shape index (κ3) is 2.41. The number of anilines is 1. The number of nitrogens with one attached hydrogen (secondary N) is 1. The SMILES string of the molecule is COC(=O)Nc1cccc([N+](=O)[O-])n1. The van der Waals surface area contributed by atoms with Gasteiger partial charge < -0.3 is 14.9 Å². The molecular weight excluding hydrogens is 190 g/mol. The number of rotatable bonds is 2. The normalized spacial score (nSPS) is 9.21. The highest BCUT2D eigenvalue weighted by Gasteiger charge is 2.11. The summed E-state index contributed by atoms with van der Waals surface area (Å²) >= 11 is 0. The summed E-state index contributed by atoms with van der Waals surface area (Å²) in [6.45, 7) is 0. The van der Waals surface area contributed by atoms with E-state index in [0.29, 0.717) is 0 Å². The lowest BCUT2D eigenvalue weighted by Crippen LogP contribution is -2.12. The molecule has 0 saturated heterocycles. The fourth-order valence-electron chi connectivity index (χ4n) is 0.750. The van der Waals surface area contributed by atoms with Gasteiger partial charge >= 0.3 is 11.9 Å². The van der Waals surface area contributed by atoms with Crippen molar-refractivity contribution < 1.29 is 14.5 Å². The van der Waals surface area contributed by atoms with Gasteiger partial charge in [-0.15, -0.1) is 0 Å². The third-order valence-electron chi connectivity index (χ3n) is 1.34. The number of hydrogen-bond acceptors (Lipinski definition) is 5. The first kappa shape index (κ1) is 9.90. The van der Waals surface area contributed by atoms with E-state index in [9.17, 15) is 14.9 Å². The molecule has 0 aliphatic rings. The van der Waals surface area contributed by atoms with Crippen molar-refractivity contribution in [2.24, 2.45) is 0 Å². The second-order valence-electron chi connectivity index (χ2n) is 2.25. The van der Waals surface area contributed by atoms with Gasteiger partial charge in [-0.05, 0) is 16.0 Å². The monoisotopic (exact) mass is 197 g/mol. The van der Waals surface area contributed by atoms with Gasteiger partial charge in [0.1, 0.15) is 0 Å². The molecule has 0 spiro atoms. The van der Waals surface area contributed by atoms with Crippen molar-refractivity contribution in [1.29, 1.82) is 0 Å². The molecule has 0 radical (unpaired) electrons. The number of nitrogens with zero attached hydrogens (tertiary/aromatic N) is 2. The molecule has 14 heavy (non-hydrogen) atoms. The average Bonchev–Trinajstić information content (AvgIpc) is 2.18. The number of pyridine rings is 1. The van der Waals surface area contributed by atoms with E-state index in [1.54, 1.807) is 0 Å². The van der Waals surface area contributed by atoms with E-state index >= 15 is 0 Å². The number of amides is 1. The van der Waals surface area contributed by atoms with Crippen LogP contribution in [0.5, 0.6) is 0 Å². The molecule has 7 nitrogen and oxygen atoms in total. The van der Waals surface area contributed by atoms with Crippen LogP contribution in [0.1, 0.15) is 0 Å². The van der Waals surface area contributed by atoms with Crippen LogP contribution >= 0.6 is 0 Å². The molecule has 0 unspecified atom stereocenters. The number of nitro groups is 1. The van der Waals surface area contributed by atoms with Gasteiger partial charge in [-0.1, -0.05) is 0 Å². The summed E-state index contributed by atoms with van der Waals surface area (Å²) in [4.78, 5) is 23.9. The van der Waals surface area contributed by atoms with Gasteiger partial charge in [0.15, 0.2) is 0 Å². The summed E-state index contributed by atoms with van der Waals surface area (Å²) in [6, 6.07) is 4.06. The Balaban J connectivity index is 2.83. The van der Waals surface area contributed by atoms with Gasteiger partial charge in [0, 0.05) is 12.1 Å². The third-order valence-corrected chi connectivity index (χ3v) is 1.34. The summed E-state index contributed by atoms with van der Waals surface area (Å²) < 4.78 is 4.29. The fourth-order valence-corrected chi connectivity index (χ4v) is 0.750. The van der Waals surface area contributed by atoms with Crippen LogP contribution in [0.4, 0.5) is 16.4 Å². The Hall–Kier alpha value is -2.18. The van der Waals surface area contributed by atoms with Crippen molar-refractivity contribution in [2.45, 2.75) is 0 Å². The van der Waals surface area contributed by atoms with Gasteiger partial charge in [-0.25, -0.2) is 4.79 Å². The minimum Gasteiger partial charge on any atom is -0.453 e. The van der Waals surface area contributed by atoms with Gasteiger partial charge in [0.05, 0.1) is 7.11 Å². The second-order valence-corrected chi connectivity index (χ2v) is 2.25. The predicted molar refractivity (Wildman–Crippen MR) is 46.9 cm³/mol. The van der Waals surface area contributed by atoms with Crippen LogP contribution in [0.3, 0.4) is 0 Å². The summed E-state index contributed by atoms with van der Waals surface area (Å²) in [5.41, 5.74) is 0. The van der Waals surface area contributed by atoms with Crippen LogP contribution in [0.25, 0.3) is 0 Å². The zero-order valence-corrected chi connectivity index (χ0v) is 7.26. The highest BCUT2D eigenvalue weighted by atomic mass is 16.6. The van der Waals surface area contributed by atoms with E-state index in [0.717, 1.165) is 0 Å². The van der Waals surface area contributed by atoms with Crippen LogP contribution in [0.15, 0.2) is 18.2 Å². The maximum atomic E-state index is 10.7. The van der Waals surface area contributed by atoms with Crippen molar-refractivity contribution in [2.75, 3.05) is 12.4 Å². The molecule has 0 aliphatic heterocycles. The van der Waals surface area contributed by atoms with Crippen molar-refractivity contribution in [3.8, 4) is 0 Å². The molecular formula is C7H7N3O4. The van der Waals surface area contributed by atoms with E-state index in [1.165, 1.54) is 25.3 Å². The Labute approximate surface area is 78.9 Å². The van der Waals surface area contributed by atoms with Crippen molar-refractivity contribution in [3.05, 3.63) is 28.3 Å². The summed E-state index contributed by atoms with van der Waals surface area (Å²) in [7, 11) is 1.19. The Kier molecular flexibility index (Phi) is 2.95. The summed E-state index contributed by atoms with van der Waals surface area (Å²) in [5.74, 6) is -0.259. The molecule has 1 rings (SSSR count). The maximum Gasteiger partial charge on any atom is 0.414 e. The van der Waals surface area contributed by atoms with Crippen molar-refractivity contribution in [3.63, 3.8) is 0 Å². The summed E-state index contributed by atoms with van der Waals surface area (Å²) in [6.07, 6.45) is -0.724. The van der Waals surface area contributed by atoms with E-state index in [2.05, 4.69) is 15.0 Å². The minimum absolute atomic E-state index is 0.0750. The number of carbonyl (C=O) groups is 1. The molecule has 74 valence electrons. The van der Waals surface area contributed by atoms with Crippen molar-refractivity contribution >= 4 is 17.7 Å². The van der Waals surface area contributed by atoms with E-state index in [4.69, 9.17) is 0 Å². The van der Waals surface area contributed by atoms with Gasteiger partial charge in [-0.3, -0.25) is 5.32 Å². The van der Waals surface area contributed by atoms with E-state index < -0.39 is 11.0 Å². The second kappa shape index (κ2) is 4.17. The van der Waals surface area contributed by atoms with Crippen molar-refractivity contribution in [1.82, 2.24) is 4.98 Å². The first-order valence-corrected chi connectivity index (χ1v) is 3.60. The number of hydrogen-bond donors (Lipinski definition) is 1. The van der Waals surface area contributed by atoms with Crippen LogP contribution in [0.2, 0.25) is 0 Å². The number of carbonyl (C=O) groups excluding carboxylic acids is 1. The molecule has 7 heteroatoms. The molecule has 1 amide bonds. The minimum atomic E-state index is -0.724. The highest BCUT2D eigenvalue weighted by Crippen LogP contribution is 2.10. The molecule has 1 aromatic rings. The summed E-state index contributed by atoms with van der Waals surface area (Å²) in [5, 5.41) is 12.5. The predicted octanol–water partition coefficient (Wildman–Crippen LogP) is 1.17. The Morgan fingerprint density at radius 1 is 1.64 bits per heavy atom. The number of ether oxygens (including phenoxy) is 1. The zero-order chi connectivity index (χ0) is 10.6. The van der Waals surface area contributed by atoms with Gasteiger partial charge in [-0.2, -0.15) is 0 Å². The molecule has 0 atom stereocenters. The molecule has 0 aromatic carbocycles.